The van der Waals surface area contributed by atoms with E-state index in [0.717, 1.165) is 11.1 Å². The molecule has 6 nitrogen and oxygen atoms in total. The molecule has 1 aromatic heterocycles. The topological polar surface area (TPSA) is 68.1 Å². The first kappa shape index (κ1) is 17.4. The Bertz CT molecular complexity index is 1070. The van der Waals surface area contributed by atoms with E-state index in [-0.39, 0.29) is 18.0 Å². The van der Waals surface area contributed by atoms with Gasteiger partial charge in [0.15, 0.2) is 0 Å². The quantitative estimate of drug-likeness (QED) is 0.718. The van der Waals surface area contributed by atoms with Gasteiger partial charge in [0, 0.05) is 13.1 Å². The van der Waals surface area contributed by atoms with Gasteiger partial charge in [-0.05, 0) is 41.2 Å². The molecule has 0 radical (unpaired) electrons. The molecule has 0 fully saturated rings. The van der Waals surface area contributed by atoms with Crippen molar-refractivity contribution in [2.45, 2.75) is 39.3 Å². The number of hydrogen-bond donors (Lipinski definition) is 0. The monoisotopic (exact) mass is 362 g/mol. The Morgan fingerprint density at radius 2 is 1.96 bits per heavy atom. The maximum atomic E-state index is 12.8. The van der Waals surface area contributed by atoms with E-state index in [0.29, 0.717) is 29.9 Å². The third-order valence-corrected chi connectivity index (χ3v) is 5.19. The molecule has 0 atom stereocenters. The summed E-state index contributed by atoms with van der Waals surface area (Å²) < 4.78 is 1.16. The molecule has 0 saturated carbocycles. The summed E-state index contributed by atoms with van der Waals surface area (Å²) >= 11 is 0. The predicted molar refractivity (Wildman–Crippen MR) is 103 cm³/mol. The number of aromatic nitrogens is 3. The molecule has 0 aliphatic carbocycles. The van der Waals surface area contributed by atoms with Crippen LogP contribution in [0.4, 0.5) is 0 Å². The summed E-state index contributed by atoms with van der Waals surface area (Å²) in [6, 6.07) is 13.4. The average Bonchev–Trinajstić information content (AvgIpc) is 2.69. The van der Waals surface area contributed by atoms with E-state index in [1.165, 1.54) is 16.7 Å². The molecule has 6 heteroatoms. The van der Waals surface area contributed by atoms with Gasteiger partial charge in [-0.1, -0.05) is 49.4 Å². The third-order valence-electron chi connectivity index (χ3n) is 5.19. The number of amides is 1. The number of rotatable bonds is 3. The summed E-state index contributed by atoms with van der Waals surface area (Å²) in [5.74, 6) is 0.357. The SMILES string of the molecule is CC(C)c1cccc2c1CCN(C(=O)Cn1nnc3ccccc3c1=O)C2. The van der Waals surface area contributed by atoms with Crippen molar-refractivity contribution < 1.29 is 4.79 Å². The summed E-state index contributed by atoms with van der Waals surface area (Å²) in [4.78, 5) is 27.1. The third kappa shape index (κ3) is 3.23. The van der Waals surface area contributed by atoms with Crippen LogP contribution in [0.3, 0.4) is 0 Å². The largest absolute Gasteiger partial charge is 0.336 e. The second-order valence-corrected chi connectivity index (χ2v) is 7.27. The van der Waals surface area contributed by atoms with Gasteiger partial charge in [-0.2, -0.15) is 0 Å². The molecule has 27 heavy (non-hydrogen) atoms. The molecule has 2 heterocycles. The Balaban J connectivity index is 1.56. The Labute approximate surface area is 157 Å². The molecule has 0 bridgehead atoms. The Morgan fingerprint density at radius 1 is 1.15 bits per heavy atom. The molecule has 2 aromatic carbocycles. The second kappa shape index (κ2) is 6.95. The minimum Gasteiger partial charge on any atom is -0.336 e. The van der Waals surface area contributed by atoms with Crippen LogP contribution in [-0.4, -0.2) is 32.3 Å². The van der Waals surface area contributed by atoms with Crippen molar-refractivity contribution in [3.8, 4) is 0 Å². The number of hydrogen-bond acceptors (Lipinski definition) is 4. The van der Waals surface area contributed by atoms with Gasteiger partial charge in [-0.25, -0.2) is 4.68 Å². The molecule has 138 valence electrons. The van der Waals surface area contributed by atoms with Crippen molar-refractivity contribution in [1.82, 2.24) is 19.9 Å². The van der Waals surface area contributed by atoms with Gasteiger partial charge in [0.2, 0.25) is 5.91 Å². The van der Waals surface area contributed by atoms with Crippen molar-refractivity contribution in [3.05, 3.63) is 69.5 Å². The maximum Gasteiger partial charge on any atom is 0.278 e. The molecule has 0 spiro atoms. The summed E-state index contributed by atoms with van der Waals surface area (Å²) in [6.45, 7) is 5.53. The molecule has 3 aromatic rings. The van der Waals surface area contributed by atoms with Crippen LogP contribution in [0.2, 0.25) is 0 Å². The molecule has 0 unspecified atom stereocenters. The average molecular weight is 362 g/mol. The standard InChI is InChI=1S/C21H22N4O2/c1-14(2)16-8-5-6-15-12-24(11-10-17(15)16)20(26)13-25-21(27)18-7-3-4-9-19(18)22-23-25/h3-9,14H,10-13H2,1-2H3. The van der Waals surface area contributed by atoms with Crippen LogP contribution >= 0.6 is 0 Å². The van der Waals surface area contributed by atoms with E-state index in [1.807, 2.05) is 6.07 Å². The van der Waals surface area contributed by atoms with Gasteiger partial charge in [0.05, 0.1) is 5.39 Å². The van der Waals surface area contributed by atoms with Gasteiger partial charge in [-0.3, -0.25) is 9.59 Å². The summed E-state index contributed by atoms with van der Waals surface area (Å²) in [5.41, 5.74) is 4.17. The summed E-state index contributed by atoms with van der Waals surface area (Å²) in [7, 11) is 0. The minimum absolute atomic E-state index is 0.0874. The number of fused-ring (bicyclic) bond motifs is 2. The van der Waals surface area contributed by atoms with Crippen LogP contribution in [0.15, 0.2) is 47.3 Å². The lowest BCUT2D eigenvalue weighted by Crippen LogP contribution is -2.40. The van der Waals surface area contributed by atoms with Gasteiger partial charge >= 0.3 is 0 Å². The fourth-order valence-corrected chi connectivity index (χ4v) is 3.75. The minimum atomic E-state index is -0.284. The Kier molecular flexibility index (Phi) is 4.48. The molecule has 1 amide bonds. The lowest BCUT2D eigenvalue weighted by molar-refractivity contribution is -0.133. The van der Waals surface area contributed by atoms with Gasteiger partial charge in [0.1, 0.15) is 12.1 Å². The van der Waals surface area contributed by atoms with Crippen LogP contribution < -0.4 is 5.56 Å². The molecular weight excluding hydrogens is 340 g/mol. The fourth-order valence-electron chi connectivity index (χ4n) is 3.75. The van der Waals surface area contributed by atoms with Crippen molar-refractivity contribution >= 4 is 16.8 Å². The highest BCUT2D eigenvalue weighted by Crippen LogP contribution is 2.27. The summed E-state index contributed by atoms with van der Waals surface area (Å²) in [5, 5.41) is 8.46. The van der Waals surface area contributed by atoms with Crippen molar-refractivity contribution in [2.75, 3.05) is 6.54 Å². The van der Waals surface area contributed by atoms with Gasteiger partial charge in [-0.15, -0.1) is 5.10 Å². The number of benzene rings is 2. The van der Waals surface area contributed by atoms with E-state index in [1.54, 1.807) is 23.1 Å². The number of nitrogens with zero attached hydrogens (tertiary/aromatic N) is 4. The van der Waals surface area contributed by atoms with Crippen LogP contribution in [0.1, 0.15) is 36.5 Å². The number of carbonyl (C=O) groups is 1. The summed E-state index contributed by atoms with van der Waals surface area (Å²) in [6.07, 6.45) is 0.841. The normalized spacial score (nSPS) is 13.8. The van der Waals surface area contributed by atoms with E-state index in [4.69, 9.17) is 0 Å². The van der Waals surface area contributed by atoms with Crippen LogP contribution in [0.5, 0.6) is 0 Å². The lowest BCUT2D eigenvalue weighted by atomic mass is 9.89. The lowest BCUT2D eigenvalue weighted by Gasteiger charge is -2.31. The highest BCUT2D eigenvalue weighted by molar-refractivity contribution is 5.78. The van der Waals surface area contributed by atoms with Gasteiger partial charge < -0.3 is 4.90 Å². The molecule has 4 rings (SSSR count). The maximum absolute atomic E-state index is 12.8. The zero-order chi connectivity index (χ0) is 19.0. The van der Waals surface area contributed by atoms with Crippen LogP contribution in [-0.2, 0) is 24.3 Å². The van der Waals surface area contributed by atoms with Crippen LogP contribution in [0.25, 0.3) is 10.9 Å². The first-order chi connectivity index (χ1) is 13.0. The smallest absolute Gasteiger partial charge is 0.278 e. The molecular formula is C21H22N4O2. The molecule has 1 aliphatic rings. The van der Waals surface area contributed by atoms with Crippen LogP contribution in [0, 0.1) is 0 Å². The van der Waals surface area contributed by atoms with E-state index in [9.17, 15) is 9.59 Å². The molecule has 0 N–H and O–H groups in total. The van der Waals surface area contributed by atoms with E-state index in [2.05, 4.69) is 42.4 Å². The molecule has 1 aliphatic heterocycles. The van der Waals surface area contributed by atoms with Crippen molar-refractivity contribution in [3.63, 3.8) is 0 Å². The fraction of sp³-hybridized carbons (Fsp3) is 0.333. The first-order valence-corrected chi connectivity index (χ1v) is 9.25. The predicted octanol–water partition coefficient (Wildman–Crippen LogP) is 2.50. The highest BCUT2D eigenvalue weighted by atomic mass is 16.2. The van der Waals surface area contributed by atoms with Crippen molar-refractivity contribution in [1.29, 1.82) is 0 Å². The zero-order valence-corrected chi connectivity index (χ0v) is 15.6. The van der Waals surface area contributed by atoms with E-state index < -0.39 is 0 Å². The first-order valence-electron chi connectivity index (χ1n) is 9.25. The zero-order valence-electron chi connectivity index (χ0n) is 15.6. The highest BCUT2D eigenvalue weighted by Gasteiger charge is 2.23. The molecule has 0 saturated heterocycles. The van der Waals surface area contributed by atoms with Crippen molar-refractivity contribution in [2.24, 2.45) is 0 Å². The second-order valence-electron chi connectivity index (χ2n) is 7.27. The number of carbonyl (C=O) groups excluding carboxylic acids is 1. The Morgan fingerprint density at radius 3 is 2.78 bits per heavy atom. The Hall–Kier alpha value is -3.02. The van der Waals surface area contributed by atoms with E-state index >= 15 is 0 Å². The van der Waals surface area contributed by atoms with Gasteiger partial charge in [0.25, 0.3) is 5.56 Å².